The van der Waals surface area contributed by atoms with Gasteiger partial charge in [0.05, 0.1) is 34.2 Å². The van der Waals surface area contributed by atoms with E-state index in [1.165, 1.54) is 5.56 Å². The molecular formula is C21H23N3OS2. The first kappa shape index (κ1) is 18.5. The lowest BCUT2D eigenvalue weighted by atomic mass is 9.99. The lowest BCUT2D eigenvalue weighted by molar-refractivity contribution is -0.119. The number of carbonyl (C=O) groups is 1. The molecule has 140 valence electrons. The maximum absolute atomic E-state index is 12.5. The van der Waals surface area contributed by atoms with Crippen molar-refractivity contribution in [3.05, 3.63) is 57.0 Å². The van der Waals surface area contributed by atoms with E-state index in [4.69, 9.17) is 0 Å². The van der Waals surface area contributed by atoms with Crippen LogP contribution in [0.5, 0.6) is 0 Å². The van der Waals surface area contributed by atoms with Crippen LogP contribution in [0, 0.1) is 13.8 Å². The van der Waals surface area contributed by atoms with Crippen molar-refractivity contribution in [1.29, 1.82) is 0 Å². The third kappa shape index (κ3) is 4.34. The second-order valence-corrected chi connectivity index (χ2v) is 9.27. The van der Waals surface area contributed by atoms with Crippen molar-refractivity contribution in [2.45, 2.75) is 32.6 Å². The van der Waals surface area contributed by atoms with Gasteiger partial charge in [-0.05, 0) is 38.3 Å². The van der Waals surface area contributed by atoms with E-state index in [-0.39, 0.29) is 5.78 Å². The van der Waals surface area contributed by atoms with Gasteiger partial charge in [-0.1, -0.05) is 30.3 Å². The van der Waals surface area contributed by atoms with Crippen LogP contribution in [0.3, 0.4) is 0 Å². The summed E-state index contributed by atoms with van der Waals surface area (Å²) in [6.45, 7) is 6.51. The van der Waals surface area contributed by atoms with E-state index in [0.29, 0.717) is 18.9 Å². The van der Waals surface area contributed by atoms with Crippen molar-refractivity contribution in [3.8, 4) is 10.6 Å². The summed E-state index contributed by atoms with van der Waals surface area (Å²) in [4.78, 5) is 25.1. The average Bonchev–Trinajstić information content (AvgIpc) is 3.36. The van der Waals surface area contributed by atoms with Crippen molar-refractivity contribution < 1.29 is 4.79 Å². The van der Waals surface area contributed by atoms with Gasteiger partial charge in [-0.15, -0.1) is 22.7 Å². The molecule has 0 saturated carbocycles. The van der Waals surface area contributed by atoms with Gasteiger partial charge in [-0.2, -0.15) is 0 Å². The minimum absolute atomic E-state index is 0.252. The predicted octanol–water partition coefficient (Wildman–Crippen LogP) is 4.48. The molecule has 4 rings (SSSR count). The second-order valence-electron chi connectivity index (χ2n) is 7.12. The maximum atomic E-state index is 12.5. The number of thiazole rings is 2. The average molecular weight is 398 g/mol. The van der Waals surface area contributed by atoms with E-state index in [9.17, 15) is 4.79 Å². The summed E-state index contributed by atoms with van der Waals surface area (Å²) in [6, 6.07) is 10.6. The van der Waals surface area contributed by atoms with Gasteiger partial charge < -0.3 is 0 Å². The zero-order valence-electron chi connectivity index (χ0n) is 15.6. The Bertz CT molecular complexity index is 932. The molecule has 1 atom stereocenters. The molecule has 3 aromatic rings. The highest BCUT2D eigenvalue weighted by Crippen LogP contribution is 2.31. The SMILES string of the molecule is Cc1nc(C)c(-c2csc(CC(=O)CN3CCC(c4ccccc4)C3)n2)s1. The van der Waals surface area contributed by atoms with Crippen molar-refractivity contribution in [2.75, 3.05) is 19.6 Å². The van der Waals surface area contributed by atoms with Crippen LogP contribution < -0.4 is 0 Å². The molecule has 1 aliphatic heterocycles. The fourth-order valence-corrected chi connectivity index (χ4v) is 5.48. The Kier molecular flexibility index (Phi) is 5.48. The van der Waals surface area contributed by atoms with Gasteiger partial charge in [0.2, 0.25) is 0 Å². The van der Waals surface area contributed by atoms with Gasteiger partial charge in [0, 0.05) is 11.9 Å². The molecule has 0 bridgehead atoms. The summed E-state index contributed by atoms with van der Waals surface area (Å²) in [7, 11) is 0. The molecule has 0 amide bonds. The zero-order chi connectivity index (χ0) is 18.8. The van der Waals surface area contributed by atoms with Crippen molar-refractivity contribution in [1.82, 2.24) is 14.9 Å². The Morgan fingerprint density at radius 1 is 1.22 bits per heavy atom. The Hall–Kier alpha value is -1.89. The topological polar surface area (TPSA) is 46.1 Å². The van der Waals surface area contributed by atoms with Gasteiger partial charge in [0.1, 0.15) is 5.01 Å². The normalized spacial score (nSPS) is 17.5. The first-order valence-corrected chi connectivity index (χ1v) is 11.0. The summed E-state index contributed by atoms with van der Waals surface area (Å²) >= 11 is 3.24. The molecule has 0 aliphatic carbocycles. The van der Waals surface area contributed by atoms with Crippen LogP contribution in [-0.4, -0.2) is 40.3 Å². The molecule has 1 aromatic carbocycles. The molecule has 0 radical (unpaired) electrons. The summed E-state index contributed by atoms with van der Waals surface area (Å²) < 4.78 is 0. The molecule has 1 aliphatic rings. The summed E-state index contributed by atoms with van der Waals surface area (Å²) in [5, 5.41) is 4.00. The molecule has 6 heteroatoms. The summed E-state index contributed by atoms with van der Waals surface area (Å²) in [5.74, 6) is 0.796. The second kappa shape index (κ2) is 8.00. The minimum Gasteiger partial charge on any atom is -0.298 e. The largest absolute Gasteiger partial charge is 0.298 e. The van der Waals surface area contributed by atoms with E-state index in [1.54, 1.807) is 22.7 Å². The molecule has 0 N–H and O–H groups in total. The number of carbonyl (C=O) groups excluding carboxylic acids is 1. The van der Waals surface area contributed by atoms with Crippen LogP contribution in [-0.2, 0) is 11.2 Å². The standard InChI is InChI=1S/C21H23N3OS2/c1-14-21(27-15(2)22-14)19-13-26-20(23-19)10-18(25)12-24-9-8-17(11-24)16-6-4-3-5-7-16/h3-7,13,17H,8-12H2,1-2H3. The summed E-state index contributed by atoms with van der Waals surface area (Å²) in [6.07, 6.45) is 1.55. The number of nitrogens with zero attached hydrogens (tertiary/aromatic N) is 3. The Labute approximate surface area is 167 Å². The summed E-state index contributed by atoms with van der Waals surface area (Å²) in [5.41, 5.74) is 3.35. The van der Waals surface area contributed by atoms with Crippen LogP contribution in [0.25, 0.3) is 10.6 Å². The number of aromatic nitrogens is 2. The third-order valence-corrected chi connectivity index (χ3v) is 6.92. The lowest BCUT2D eigenvalue weighted by Crippen LogP contribution is -2.28. The highest BCUT2D eigenvalue weighted by Gasteiger charge is 2.25. The number of rotatable bonds is 6. The molecule has 0 spiro atoms. The van der Waals surface area contributed by atoms with E-state index >= 15 is 0 Å². The molecule has 2 aromatic heterocycles. The third-order valence-electron chi connectivity index (χ3n) is 4.98. The smallest absolute Gasteiger partial charge is 0.153 e. The van der Waals surface area contributed by atoms with Crippen LogP contribution >= 0.6 is 22.7 Å². The van der Waals surface area contributed by atoms with Crippen molar-refractivity contribution in [2.24, 2.45) is 0 Å². The first-order chi connectivity index (χ1) is 13.1. The molecule has 4 nitrogen and oxygen atoms in total. The molecule has 1 fully saturated rings. The van der Waals surface area contributed by atoms with Gasteiger partial charge in [0.25, 0.3) is 0 Å². The van der Waals surface area contributed by atoms with Gasteiger partial charge >= 0.3 is 0 Å². The van der Waals surface area contributed by atoms with Crippen LogP contribution in [0.15, 0.2) is 35.7 Å². The number of likely N-dealkylation sites (tertiary alicyclic amines) is 1. The van der Waals surface area contributed by atoms with Gasteiger partial charge in [0.15, 0.2) is 5.78 Å². The van der Waals surface area contributed by atoms with E-state index in [1.807, 2.05) is 19.2 Å². The number of ketones is 1. The quantitative estimate of drug-likeness (QED) is 0.615. The highest BCUT2D eigenvalue weighted by atomic mass is 32.1. The monoisotopic (exact) mass is 397 g/mol. The molecule has 1 saturated heterocycles. The van der Waals surface area contributed by atoms with E-state index in [2.05, 4.69) is 45.2 Å². The van der Waals surface area contributed by atoms with Crippen LogP contribution in [0.4, 0.5) is 0 Å². The number of hydrogen-bond donors (Lipinski definition) is 0. The Morgan fingerprint density at radius 2 is 2.04 bits per heavy atom. The Morgan fingerprint density at radius 3 is 2.78 bits per heavy atom. The zero-order valence-corrected chi connectivity index (χ0v) is 17.3. The first-order valence-electron chi connectivity index (χ1n) is 9.26. The fourth-order valence-electron chi connectivity index (χ4n) is 3.71. The Balaban J connectivity index is 1.33. The molecule has 1 unspecified atom stereocenters. The highest BCUT2D eigenvalue weighted by molar-refractivity contribution is 7.16. The maximum Gasteiger partial charge on any atom is 0.153 e. The number of Topliss-reactive ketones (excluding diaryl/α,β-unsaturated/α-hetero) is 1. The number of benzene rings is 1. The van der Waals surface area contributed by atoms with Crippen molar-refractivity contribution in [3.63, 3.8) is 0 Å². The molecule has 27 heavy (non-hydrogen) atoms. The molecule has 3 heterocycles. The van der Waals surface area contributed by atoms with Crippen LogP contribution in [0.1, 0.15) is 33.6 Å². The minimum atomic E-state index is 0.252. The van der Waals surface area contributed by atoms with E-state index in [0.717, 1.165) is 45.8 Å². The number of aryl methyl sites for hydroxylation is 2. The predicted molar refractivity (Wildman–Crippen MR) is 112 cm³/mol. The van der Waals surface area contributed by atoms with E-state index < -0.39 is 0 Å². The van der Waals surface area contributed by atoms with Crippen molar-refractivity contribution >= 4 is 28.5 Å². The fraction of sp³-hybridized carbons (Fsp3) is 0.381. The van der Waals surface area contributed by atoms with Crippen LogP contribution in [0.2, 0.25) is 0 Å². The lowest BCUT2D eigenvalue weighted by Gasteiger charge is -2.15. The van der Waals surface area contributed by atoms with Gasteiger partial charge in [-0.3, -0.25) is 9.69 Å². The number of hydrogen-bond acceptors (Lipinski definition) is 6. The van der Waals surface area contributed by atoms with Gasteiger partial charge in [-0.25, -0.2) is 9.97 Å². The molecular weight excluding hydrogens is 374 g/mol.